The van der Waals surface area contributed by atoms with Gasteiger partial charge in [0.2, 0.25) is 5.91 Å². The standard InChI is InChI=1S/C11H16N2O/c1-13-8-2-3-10(13)6-7-11(14)12-9-4-5-9/h2-3,8-9H,4-7H2,1H3,(H,12,14). The zero-order chi connectivity index (χ0) is 9.97. The van der Waals surface area contributed by atoms with E-state index in [-0.39, 0.29) is 5.91 Å². The Morgan fingerprint density at radius 1 is 1.64 bits per heavy atom. The molecule has 1 aliphatic carbocycles. The highest BCUT2D eigenvalue weighted by Gasteiger charge is 2.22. The zero-order valence-corrected chi connectivity index (χ0v) is 8.49. The van der Waals surface area contributed by atoms with Gasteiger partial charge in [0.25, 0.3) is 0 Å². The quantitative estimate of drug-likeness (QED) is 0.765. The van der Waals surface area contributed by atoms with Crippen LogP contribution in [-0.4, -0.2) is 16.5 Å². The summed E-state index contributed by atoms with van der Waals surface area (Å²) in [5.41, 5.74) is 1.22. The van der Waals surface area contributed by atoms with E-state index in [9.17, 15) is 4.79 Å². The monoisotopic (exact) mass is 192 g/mol. The first kappa shape index (κ1) is 9.31. The van der Waals surface area contributed by atoms with Gasteiger partial charge in [-0.1, -0.05) is 0 Å². The van der Waals surface area contributed by atoms with Gasteiger partial charge in [0.1, 0.15) is 0 Å². The number of carbonyl (C=O) groups is 1. The molecule has 2 rings (SSSR count). The summed E-state index contributed by atoms with van der Waals surface area (Å²) in [4.78, 5) is 11.4. The van der Waals surface area contributed by atoms with E-state index in [4.69, 9.17) is 0 Å². The Morgan fingerprint density at radius 2 is 2.43 bits per heavy atom. The third-order valence-corrected chi connectivity index (χ3v) is 2.60. The van der Waals surface area contributed by atoms with Gasteiger partial charge in [-0.25, -0.2) is 0 Å². The van der Waals surface area contributed by atoms with Crippen molar-refractivity contribution in [1.82, 2.24) is 9.88 Å². The molecule has 0 bridgehead atoms. The summed E-state index contributed by atoms with van der Waals surface area (Å²) in [5, 5.41) is 2.99. The van der Waals surface area contributed by atoms with Crippen LogP contribution < -0.4 is 5.32 Å². The van der Waals surface area contributed by atoms with E-state index < -0.39 is 0 Å². The molecule has 0 radical (unpaired) electrons. The van der Waals surface area contributed by atoms with Gasteiger partial charge in [-0.3, -0.25) is 4.79 Å². The largest absolute Gasteiger partial charge is 0.354 e. The predicted molar refractivity (Wildman–Crippen MR) is 54.9 cm³/mol. The lowest BCUT2D eigenvalue weighted by molar-refractivity contribution is -0.121. The lowest BCUT2D eigenvalue weighted by atomic mass is 10.2. The second kappa shape index (κ2) is 3.86. The second-order valence-corrected chi connectivity index (χ2v) is 3.95. The van der Waals surface area contributed by atoms with Crippen LogP contribution in [0.15, 0.2) is 18.3 Å². The van der Waals surface area contributed by atoms with Gasteiger partial charge in [0.15, 0.2) is 0 Å². The number of aryl methyl sites for hydroxylation is 2. The maximum Gasteiger partial charge on any atom is 0.220 e. The van der Waals surface area contributed by atoms with Crippen LogP contribution in [0.4, 0.5) is 0 Å². The van der Waals surface area contributed by atoms with Gasteiger partial charge >= 0.3 is 0 Å². The summed E-state index contributed by atoms with van der Waals surface area (Å²) in [7, 11) is 2.01. The maximum absolute atomic E-state index is 11.4. The smallest absolute Gasteiger partial charge is 0.220 e. The fraction of sp³-hybridized carbons (Fsp3) is 0.545. The number of aromatic nitrogens is 1. The molecule has 1 amide bonds. The van der Waals surface area contributed by atoms with E-state index in [1.165, 1.54) is 5.69 Å². The highest BCUT2D eigenvalue weighted by Crippen LogP contribution is 2.18. The number of amides is 1. The Labute approximate surface area is 84.1 Å². The molecule has 0 aliphatic heterocycles. The van der Waals surface area contributed by atoms with Crippen molar-refractivity contribution in [1.29, 1.82) is 0 Å². The molecule has 1 aromatic heterocycles. The minimum Gasteiger partial charge on any atom is -0.354 e. The van der Waals surface area contributed by atoms with Crippen molar-refractivity contribution in [2.45, 2.75) is 31.7 Å². The number of nitrogens with one attached hydrogen (secondary N) is 1. The topological polar surface area (TPSA) is 34.0 Å². The molecular formula is C11H16N2O. The van der Waals surface area contributed by atoms with Gasteiger partial charge < -0.3 is 9.88 Å². The van der Waals surface area contributed by atoms with Crippen LogP contribution in [0.2, 0.25) is 0 Å². The van der Waals surface area contributed by atoms with Gasteiger partial charge in [0.05, 0.1) is 0 Å². The van der Waals surface area contributed by atoms with E-state index >= 15 is 0 Å². The molecular weight excluding hydrogens is 176 g/mol. The number of hydrogen-bond donors (Lipinski definition) is 1. The highest BCUT2D eigenvalue weighted by molar-refractivity contribution is 5.76. The van der Waals surface area contributed by atoms with Crippen molar-refractivity contribution in [3.05, 3.63) is 24.0 Å². The third kappa shape index (κ3) is 2.37. The maximum atomic E-state index is 11.4. The van der Waals surface area contributed by atoms with Crippen LogP contribution in [0, 0.1) is 0 Å². The van der Waals surface area contributed by atoms with Gasteiger partial charge in [0, 0.05) is 31.4 Å². The van der Waals surface area contributed by atoms with Crippen LogP contribution in [-0.2, 0) is 18.3 Å². The highest BCUT2D eigenvalue weighted by atomic mass is 16.1. The van der Waals surface area contributed by atoms with Crippen LogP contribution in [0.5, 0.6) is 0 Å². The Morgan fingerprint density at radius 3 is 3.00 bits per heavy atom. The number of hydrogen-bond acceptors (Lipinski definition) is 1. The molecule has 0 unspecified atom stereocenters. The van der Waals surface area contributed by atoms with E-state index in [1.54, 1.807) is 0 Å². The van der Waals surface area contributed by atoms with Crippen LogP contribution in [0.1, 0.15) is 25.0 Å². The Kier molecular flexibility index (Phi) is 2.57. The molecule has 1 aliphatic rings. The van der Waals surface area contributed by atoms with Gasteiger partial charge in [-0.15, -0.1) is 0 Å². The minimum absolute atomic E-state index is 0.189. The molecule has 76 valence electrons. The molecule has 0 spiro atoms. The number of nitrogens with zero attached hydrogens (tertiary/aromatic N) is 1. The summed E-state index contributed by atoms with van der Waals surface area (Å²) in [6, 6.07) is 4.55. The average Bonchev–Trinajstić information content (AvgIpc) is 2.86. The molecule has 1 saturated carbocycles. The molecule has 0 saturated heterocycles. The minimum atomic E-state index is 0.189. The van der Waals surface area contributed by atoms with E-state index in [0.29, 0.717) is 12.5 Å². The van der Waals surface area contributed by atoms with Crippen molar-refractivity contribution in [3.8, 4) is 0 Å². The van der Waals surface area contributed by atoms with E-state index in [2.05, 4.69) is 16.0 Å². The average molecular weight is 192 g/mol. The second-order valence-electron chi connectivity index (χ2n) is 3.95. The fourth-order valence-electron chi connectivity index (χ4n) is 1.53. The first-order valence-corrected chi connectivity index (χ1v) is 5.15. The van der Waals surface area contributed by atoms with Crippen LogP contribution >= 0.6 is 0 Å². The molecule has 14 heavy (non-hydrogen) atoms. The predicted octanol–water partition coefficient (Wildman–Crippen LogP) is 1.24. The first-order valence-electron chi connectivity index (χ1n) is 5.15. The molecule has 3 heteroatoms. The normalized spacial score (nSPS) is 15.5. The summed E-state index contributed by atoms with van der Waals surface area (Å²) >= 11 is 0. The molecule has 1 aromatic rings. The summed E-state index contributed by atoms with van der Waals surface area (Å²) < 4.78 is 2.06. The van der Waals surface area contributed by atoms with Crippen molar-refractivity contribution >= 4 is 5.91 Å². The fourth-order valence-corrected chi connectivity index (χ4v) is 1.53. The molecule has 0 aromatic carbocycles. The number of rotatable bonds is 4. The molecule has 1 heterocycles. The summed E-state index contributed by atoms with van der Waals surface area (Å²) in [6.07, 6.45) is 5.77. The summed E-state index contributed by atoms with van der Waals surface area (Å²) in [5.74, 6) is 0.189. The first-order chi connectivity index (χ1) is 6.75. The molecule has 1 fully saturated rings. The van der Waals surface area contributed by atoms with Crippen molar-refractivity contribution in [2.75, 3.05) is 0 Å². The van der Waals surface area contributed by atoms with Crippen molar-refractivity contribution in [2.24, 2.45) is 7.05 Å². The number of carbonyl (C=O) groups excluding carboxylic acids is 1. The lowest BCUT2D eigenvalue weighted by Crippen LogP contribution is -2.25. The van der Waals surface area contributed by atoms with Gasteiger partial charge in [-0.05, 0) is 31.4 Å². The van der Waals surface area contributed by atoms with Crippen molar-refractivity contribution < 1.29 is 4.79 Å². The third-order valence-electron chi connectivity index (χ3n) is 2.60. The van der Waals surface area contributed by atoms with E-state index in [1.807, 2.05) is 19.3 Å². The lowest BCUT2D eigenvalue weighted by Gasteiger charge is -2.04. The Bertz CT molecular complexity index is 326. The Hall–Kier alpha value is -1.25. The van der Waals surface area contributed by atoms with E-state index in [0.717, 1.165) is 19.3 Å². The molecule has 1 N–H and O–H groups in total. The van der Waals surface area contributed by atoms with Crippen LogP contribution in [0.3, 0.4) is 0 Å². The van der Waals surface area contributed by atoms with Gasteiger partial charge in [-0.2, -0.15) is 0 Å². The zero-order valence-electron chi connectivity index (χ0n) is 8.49. The summed E-state index contributed by atoms with van der Waals surface area (Å²) in [6.45, 7) is 0. The molecule has 3 nitrogen and oxygen atoms in total. The van der Waals surface area contributed by atoms with Crippen LogP contribution in [0.25, 0.3) is 0 Å². The SMILES string of the molecule is Cn1cccc1CCC(=O)NC1CC1. The van der Waals surface area contributed by atoms with Crippen molar-refractivity contribution in [3.63, 3.8) is 0 Å². The Balaban J connectivity index is 1.76. The molecule has 0 atom stereocenters.